The van der Waals surface area contributed by atoms with Crippen LogP contribution in [0.3, 0.4) is 0 Å². The first-order chi connectivity index (χ1) is 9.24. The quantitative estimate of drug-likeness (QED) is 0.748. The monoisotopic (exact) mass is 274 g/mol. The van der Waals surface area contributed by atoms with Gasteiger partial charge in [0.1, 0.15) is 11.5 Å². The van der Waals surface area contributed by atoms with Crippen molar-refractivity contribution in [3.8, 4) is 22.1 Å². The molecule has 0 saturated heterocycles. The minimum atomic E-state index is 0.0120. The summed E-state index contributed by atoms with van der Waals surface area (Å²) in [5, 5.41) is 32.9. The van der Waals surface area contributed by atoms with Crippen molar-refractivity contribution >= 4 is 16.3 Å². The molecular weight excluding hydrogens is 264 g/mol. The Bertz CT molecular complexity index is 755. The van der Waals surface area contributed by atoms with E-state index < -0.39 is 0 Å². The lowest BCUT2D eigenvalue weighted by Gasteiger charge is -2.02. The lowest BCUT2D eigenvalue weighted by Crippen LogP contribution is -1.93. The van der Waals surface area contributed by atoms with Crippen molar-refractivity contribution in [2.45, 2.75) is 18.8 Å². The Kier molecular flexibility index (Phi) is 2.08. The SMILES string of the molecule is Oc1cccc(O)c1-c1nn2c(C3CC3)nnc2s1. The maximum Gasteiger partial charge on any atom is 0.234 e. The highest BCUT2D eigenvalue weighted by atomic mass is 32.1. The molecular formula is C12H10N4O2S. The van der Waals surface area contributed by atoms with Crippen LogP contribution in [0.15, 0.2) is 18.2 Å². The van der Waals surface area contributed by atoms with Gasteiger partial charge in [0, 0.05) is 5.92 Å². The molecule has 1 aliphatic rings. The van der Waals surface area contributed by atoms with Crippen molar-refractivity contribution in [3.63, 3.8) is 0 Å². The van der Waals surface area contributed by atoms with Gasteiger partial charge in [0.2, 0.25) is 4.96 Å². The molecule has 0 spiro atoms. The number of rotatable bonds is 2. The summed E-state index contributed by atoms with van der Waals surface area (Å²) in [4.78, 5) is 0.680. The molecule has 2 aromatic heterocycles. The molecule has 2 heterocycles. The van der Waals surface area contributed by atoms with Gasteiger partial charge in [-0.15, -0.1) is 10.2 Å². The van der Waals surface area contributed by atoms with E-state index in [4.69, 9.17) is 0 Å². The molecule has 0 radical (unpaired) electrons. The molecule has 4 rings (SSSR count). The van der Waals surface area contributed by atoms with E-state index in [0.717, 1.165) is 18.7 Å². The first-order valence-electron chi connectivity index (χ1n) is 5.97. The maximum atomic E-state index is 9.86. The van der Waals surface area contributed by atoms with E-state index in [0.29, 0.717) is 21.4 Å². The highest BCUT2D eigenvalue weighted by Gasteiger charge is 2.30. The fraction of sp³-hybridized carbons (Fsp3) is 0.250. The number of nitrogens with zero attached hydrogens (tertiary/aromatic N) is 4. The minimum Gasteiger partial charge on any atom is -0.507 e. The van der Waals surface area contributed by atoms with Gasteiger partial charge in [0.05, 0.1) is 5.56 Å². The number of aromatic nitrogens is 4. The zero-order valence-electron chi connectivity index (χ0n) is 9.82. The predicted molar refractivity (Wildman–Crippen MR) is 69.4 cm³/mol. The van der Waals surface area contributed by atoms with Gasteiger partial charge < -0.3 is 10.2 Å². The summed E-state index contributed by atoms with van der Waals surface area (Å²) in [7, 11) is 0. The fourth-order valence-corrected chi connectivity index (χ4v) is 2.99. The third-order valence-electron chi connectivity index (χ3n) is 3.19. The number of phenolic OH excluding ortho intramolecular Hbond substituents is 2. The van der Waals surface area contributed by atoms with Gasteiger partial charge >= 0.3 is 0 Å². The molecule has 96 valence electrons. The zero-order chi connectivity index (χ0) is 13.0. The maximum absolute atomic E-state index is 9.86. The summed E-state index contributed by atoms with van der Waals surface area (Å²) in [6.07, 6.45) is 2.24. The van der Waals surface area contributed by atoms with E-state index in [1.54, 1.807) is 10.6 Å². The van der Waals surface area contributed by atoms with Gasteiger partial charge in [0.25, 0.3) is 0 Å². The Balaban J connectivity index is 1.91. The Morgan fingerprint density at radius 2 is 1.89 bits per heavy atom. The molecule has 7 heteroatoms. The second-order valence-electron chi connectivity index (χ2n) is 4.61. The van der Waals surface area contributed by atoms with Crippen molar-refractivity contribution < 1.29 is 10.2 Å². The number of hydrogen-bond donors (Lipinski definition) is 2. The molecule has 1 saturated carbocycles. The van der Waals surface area contributed by atoms with Crippen LogP contribution in [0, 0.1) is 0 Å². The van der Waals surface area contributed by atoms with Crippen LogP contribution in [0.2, 0.25) is 0 Å². The van der Waals surface area contributed by atoms with E-state index in [1.165, 1.54) is 23.5 Å². The average Bonchev–Trinajstić information content (AvgIpc) is 3.00. The van der Waals surface area contributed by atoms with Gasteiger partial charge in [-0.25, -0.2) is 0 Å². The molecule has 1 aliphatic carbocycles. The molecule has 0 amide bonds. The molecule has 6 nitrogen and oxygen atoms in total. The molecule has 1 aromatic carbocycles. The standard InChI is InChI=1S/C12H10N4O2S/c17-7-2-1-3-8(18)9(7)11-15-16-10(6-4-5-6)13-14-12(16)19-11/h1-3,6,17-18H,4-5H2. The van der Waals surface area contributed by atoms with Crippen molar-refractivity contribution in [2.75, 3.05) is 0 Å². The van der Waals surface area contributed by atoms with Crippen LogP contribution in [0.1, 0.15) is 24.6 Å². The average molecular weight is 274 g/mol. The molecule has 19 heavy (non-hydrogen) atoms. The third-order valence-corrected chi connectivity index (χ3v) is 4.11. The van der Waals surface area contributed by atoms with E-state index >= 15 is 0 Å². The molecule has 0 atom stereocenters. The number of phenols is 2. The largest absolute Gasteiger partial charge is 0.507 e. The van der Waals surface area contributed by atoms with Gasteiger partial charge in [-0.3, -0.25) is 0 Å². The summed E-state index contributed by atoms with van der Waals surface area (Å²) in [6, 6.07) is 4.64. The number of aromatic hydroxyl groups is 2. The highest BCUT2D eigenvalue weighted by Crippen LogP contribution is 2.42. The van der Waals surface area contributed by atoms with Crippen molar-refractivity contribution in [3.05, 3.63) is 24.0 Å². The number of fused-ring (bicyclic) bond motifs is 1. The fourth-order valence-electron chi connectivity index (χ4n) is 2.08. The summed E-state index contributed by atoms with van der Waals surface area (Å²) in [6.45, 7) is 0. The number of hydrogen-bond acceptors (Lipinski definition) is 6. The van der Waals surface area contributed by atoms with Gasteiger partial charge in [-0.1, -0.05) is 17.4 Å². The molecule has 0 aliphatic heterocycles. The summed E-state index contributed by atoms with van der Waals surface area (Å²) < 4.78 is 1.71. The topological polar surface area (TPSA) is 83.5 Å². The second kappa shape index (κ2) is 3.67. The Morgan fingerprint density at radius 3 is 2.58 bits per heavy atom. The predicted octanol–water partition coefficient (Wildman–Crippen LogP) is 2.14. The Morgan fingerprint density at radius 1 is 1.16 bits per heavy atom. The zero-order valence-corrected chi connectivity index (χ0v) is 10.6. The van der Waals surface area contributed by atoms with Crippen LogP contribution >= 0.6 is 11.3 Å². The minimum absolute atomic E-state index is 0.0120. The lowest BCUT2D eigenvalue weighted by atomic mass is 10.2. The van der Waals surface area contributed by atoms with Crippen LogP contribution < -0.4 is 0 Å². The second-order valence-corrected chi connectivity index (χ2v) is 5.56. The first-order valence-corrected chi connectivity index (χ1v) is 6.79. The van der Waals surface area contributed by atoms with Crippen LogP contribution in [0.25, 0.3) is 15.5 Å². The first kappa shape index (κ1) is 10.7. The normalized spacial score (nSPS) is 15.2. The van der Waals surface area contributed by atoms with Crippen molar-refractivity contribution in [2.24, 2.45) is 0 Å². The Hall–Kier alpha value is -2.15. The van der Waals surface area contributed by atoms with E-state index in [2.05, 4.69) is 15.3 Å². The van der Waals surface area contributed by atoms with Crippen LogP contribution in [-0.4, -0.2) is 30.0 Å². The van der Waals surface area contributed by atoms with Crippen LogP contribution in [-0.2, 0) is 0 Å². The summed E-state index contributed by atoms with van der Waals surface area (Å²) >= 11 is 1.30. The number of benzene rings is 1. The molecule has 2 N–H and O–H groups in total. The van der Waals surface area contributed by atoms with E-state index in [1.807, 2.05) is 0 Å². The summed E-state index contributed by atoms with van der Waals surface area (Å²) in [5.74, 6) is 1.34. The van der Waals surface area contributed by atoms with Crippen molar-refractivity contribution in [1.29, 1.82) is 0 Å². The van der Waals surface area contributed by atoms with Crippen LogP contribution in [0.4, 0.5) is 0 Å². The molecule has 0 unspecified atom stereocenters. The molecule has 3 aromatic rings. The molecule has 0 bridgehead atoms. The molecule has 1 fully saturated rings. The van der Waals surface area contributed by atoms with Crippen LogP contribution in [0.5, 0.6) is 11.5 Å². The lowest BCUT2D eigenvalue weighted by molar-refractivity contribution is 0.454. The van der Waals surface area contributed by atoms with Gasteiger partial charge in [-0.05, 0) is 25.0 Å². The van der Waals surface area contributed by atoms with Gasteiger partial charge in [0.15, 0.2) is 10.8 Å². The van der Waals surface area contributed by atoms with Gasteiger partial charge in [-0.2, -0.15) is 9.61 Å². The third kappa shape index (κ3) is 1.58. The van der Waals surface area contributed by atoms with E-state index in [-0.39, 0.29) is 11.5 Å². The Labute approximate surface area is 112 Å². The summed E-state index contributed by atoms with van der Waals surface area (Å²) in [5.41, 5.74) is 0.347. The van der Waals surface area contributed by atoms with E-state index in [9.17, 15) is 10.2 Å². The smallest absolute Gasteiger partial charge is 0.234 e. The van der Waals surface area contributed by atoms with Crippen molar-refractivity contribution in [1.82, 2.24) is 19.8 Å². The highest BCUT2D eigenvalue weighted by molar-refractivity contribution is 7.19.